The summed E-state index contributed by atoms with van der Waals surface area (Å²) in [4.78, 5) is 19.7. The normalized spacial score (nSPS) is 20.0. The van der Waals surface area contributed by atoms with Crippen LogP contribution in [0.5, 0.6) is 0 Å². The number of hydrogen-bond acceptors (Lipinski definition) is 3. The summed E-state index contributed by atoms with van der Waals surface area (Å²) in [6, 6.07) is 20.2. The van der Waals surface area contributed by atoms with Crippen molar-refractivity contribution >= 4 is 11.7 Å². The molecule has 1 atom stereocenters. The van der Waals surface area contributed by atoms with Gasteiger partial charge in [0.2, 0.25) is 0 Å². The summed E-state index contributed by atoms with van der Waals surface area (Å²) in [5.41, 5.74) is 1.52. The summed E-state index contributed by atoms with van der Waals surface area (Å²) in [5, 5.41) is 0. The molecule has 25 heavy (non-hydrogen) atoms. The van der Waals surface area contributed by atoms with Gasteiger partial charge in [-0.3, -0.25) is 14.7 Å². The van der Waals surface area contributed by atoms with Crippen LogP contribution >= 0.6 is 0 Å². The van der Waals surface area contributed by atoms with Crippen molar-refractivity contribution in [3.05, 3.63) is 71.8 Å². The van der Waals surface area contributed by atoms with E-state index in [9.17, 15) is 4.79 Å². The average Bonchev–Trinajstić information content (AvgIpc) is 2.85. The smallest absolute Gasteiger partial charge is 0.256 e. The maximum Gasteiger partial charge on any atom is 0.256 e. The second-order valence-electron chi connectivity index (χ2n) is 6.58. The van der Waals surface area contributed by atoms with Gasteiger partial charge in [-0.25, -0.2) is 0 Å². The van der Waals surface area contributed by atoms with E-state index in [0.717, 1.165) is 17.0 Å². The number of benzene rings is 2. The molecule has 4 heteroatoms. The first-order valence-corrected chi connectivity index (χ1v) is 8.60. The Morgan fingerprint density at radius 3 is 2.20 bits per heavy atom. The highest BCUT2D eigenvalue weighted by molar-refractivity contribution is 6.08. The van der Waals surface area contributed by atoms with Gasteiger partial charge in [0.15, 0.2) is 0 Å². The van der Waals surface area contributed by atoms with Crippen LogP contribution in [-0.4, -0.2) is 42.4 Å². The van der Waals surface area contributed by atoms with Crippen molar-refractivity contribution in [3.63, 3.8) is 0 Å². The Balaban J connectivity index is 1.86. The minimum Gasteiger partial charge on any atom is -0.383 e. The fraction of sp³-hybridized carbons (Fsp3) is 0.333. The summed E-state index contributed by atoms with van der Waals surface area (Å²) in [5.74, 6) is 0.881. The van der Waals surface area contributed by atoms with Gasteiger partial charge in [-0.15, -0.1) is 0 Å². The van der Waals surface area contributed by atoms with Gasteiger partial charge in [0.05, 0.1) is 13.2 Å². The van der Waals surface area contributed by atoms with Gasteiger partial charge in [-0.1, -0.05) is 60.7 Å². The predicted octanol–water partition coefficient (Wildman–Crippen LogP) is 3.12. The summed E-state index contributed by atoms with van der Waals surface area (Å²) in [6.45, 7) is 2.96. The Labute approximate surface area is 149 Å². The lowest BCUT2D eigenvalue weighted by atomic mass is 9.93. The molecule has 130 valence electrons. The maximum absolute atomic E-state index is 13.1. The minimum atomic E-state index is -0.751. The third-order valence-corrected chi connectivity index (χ3v) is 4.51. The molecule has 0 spiro atoms. The van der Waals surface area contributed by atoms with Crippen molar-refractivity contribution in [1.29, 1.82) is 0 Å². The van der Waals surface area contributed by atoms with Crippen LogP contribution in [0.2, 0.25) is 0 Å². The molecule has 0 N–H and O–H groups in total. The van der Waals surface area contributed by atoms with Crippen LogP contribution in [0.1, 0.15) is 18.1 Å². The van der Waals surface area contributed by atoms with E-state index in [-0.39, 0.29) is 5.91 Å². The number of nitrogens with zero attached hydrogens (tertiary/aromatic N) is 2. The highest BCUT2D eigenvalue weighted by Crippen LogP contribution is 2.28. The van der Waals surface area contributed by atoms with E-state index < -0.39 is 5.54 Å². The molecule has 1 amide bonds. The topological polar surface area (TPSA) is 41.9 Å². The van der Waals surface area contributed by atoms with E-state index >= 15 is 0 Å². The highest BCUT2D eigenvalue weighted by atomic mass is 16.5. The molecule has 3 rings (SSSR count). The van der Waals surface area contributed by atoms with Gasteiger partial charge in [0.1, 0.15) is 11.4 Å². The number of methoxy groups -OCH3 is 1. The number of amides is 1. The van der Waals surface area contributed by atoms with Crippen molar-refractivity contribution in [1.82, 2.24) is 4.90 Å². The Morgan fingerprint density at radius 2 is 1.60 bits per heavy atom. The molecule has 1 aliphatic rings. The van der Waals surface area contributed by atoms with E-state index in [4.69, 9.17) is 9.73 Å². The number of rotatable bonds is 7. The predicted molar refractivity (Wildman–Crippen MR) is 99.7 cm³/mol. The first kappa shape index (κ1) is 17.4. The van der Waals surface area contributed by atoms with Crippen LogP contribution in [0.25, 0.3) is 0 Å². The van der Waals surface area contributed by atoms with Gasteiger partial charge >= 0.3 is 0 Å². The first-order chi connectivity index (χ1) is 12.1. The zero-order chi connectivity index (χ0) is 17.7. The molecule has 0 bridgehead atoms. The molecule has 2 aromatic rings. The van der Waals surface area contributed by atoms with Crippen LogP contribution in [-0.2, 0) is 22.4 Å². The fourth-order valence-corrected chi connectivity index (χ4v) is 3.24. The molecular weight excluding hydrogens is 312 g/mol. The molecule has 0 fully saturated rings. The van der Waals surface area contributed by atoms with Gasteiger partial charge in [0, 0.05) is 20.0 Å². The Hall–Kier alpha value is -2.46. The monoisotopic (exact) mass is 336 g/mol. The maximum atomic E-state index is 13.1. The van der Waals surface area contributed by atoms with Crippen LogP contribution in [0.4, 0.5) is 0 Å². The highest BCUT2D eigenvalue weighted by Gasteiger charge is 2.44. The quantitative estimate of drug-likeness (QED) is 0.779. The molecule has 1 unspecified atom stereocenters. The molecule has 1 aliphatic heterocycles. The third-order valence-electron chi connectivity index (χ3n) is 4.51. The van der Waals surface area contributed by atoms with Crippen LogP contribution in [0.15, 0.2) is 65.7 Å². The molecular formula is C21H24N2O2. The molecule has 0 saturated heterocycles. The summed E-state index contributed by atoms with van der Waals surface area (Å²) < 4.78 is 5.19. The van der Waals surface area contributed by atoms with Crippen LogP contribution in [0, 0.1) is 0 Å². The zero-order valence-corrected chi connectivity index (χ0v) is 14.8. The van der Waals surface area contributed by atoms with Gasteiger partial charge in [0.25, 0.3) is 5.91 Å². The van der Waals surface area contributed by atoms with E-state index in [2.05, 4.69) is 12.1 Å². The number of amidine groups is 1. The molecule has 0 saturated carbocycles. The van der Waals surface area contributed by atoms with Crippen molar-refractivity contribution in [3.8, 4) is 0 Å². The lowest BCUT2D eigenvalue weighted by Crippen LogP contribution is -2.43. The Kier molecular flexibility index (Phi) is 5.29. The lowest BCUT2D eigenvalue weighted by Gasteiger charge is -2.23. The van der Waals surface area contributed by atoms with E-state index in [1.54, 1.807) is 12.0 Å². The second-order valence-corrected chi connectivity index (χ2v) is 6.58. The summed E-state index contributed by atoms with van der Waals surface area (Å²) in [6.07, 6.45) is 1.26. The van der Waals surface area contributed by atoms with Gasteiger partial charge in [-0.05, 0) is 18.1 Å². The van der Waals surface area contributed by atoms with Gasteiger partial charge in [-0.2, -0.15) is 0 Å². The largest absolute Gasteiger partial charge is 0.383 e. The Bertz CT molecular complexity index is 743. The second kappa shape index (κ2) is 7.62. The van der Waals surface area contributed by atoms with Crippen molar-refractivity contribution in [2.24, 2.45) is 4.99 Å². The zero-order valence-electron chi connectivity index (χ0n) is 14.8. The first-order valence-electron chi connectivity index (χ1n) is 8.60. The van der Waals surface area contributed by atoms with E-state index in [1.165, 1.54) is 0 Å². The fourth-order valence-electron chi connectivity index (χ4n) is 3.24. The molecule has 0 radical (unpaired) electrons. The molecule has 0 aliphatic carbocycles. The van der Waals surface area contributed by atoms with Crippen LogP contribution < -0.4 is 0 Å². The average molecular weight is 336 g/mol. The standard InChI is InChI=1S/C21H24N2O2/c1-21(16-18-11-7-4-8-12-18)20(24)23(13-14-25-2)19(22-21)15-17-9-5-3-6-10-17/h3-12H,13-16H2,1-2H3. The lowest BCUT2D eigenvalue weighted by molar-refractivity contribution is -0.131. The number of ether oxygens (including phenoxy) is 1. The summed E-state index contributed by atoms with van der Waals surface area (Å²) >= 11 is 0. The van der Waals surface area contributed by atoms with E-state index in [0.29, 0.717) is 26.0 Å². The molecule has 1 heterocycles. The van der Waals surface area contributed by atoms with E-state index in [1.807, 2.05) is 55.5 Å². The number of aliphatic imine (C=N–C) groups is 1. The van der Waals surface area contributed by atoms with Crippen molar-refractivity contribution in [2.75, 3.05) is 20.3 Å². The minimum absolute atomic E-state index is 0.0549. The molecule has 4 nitrogen and oxygen atoms in total. The van der Waals surface area contributed by atoms with Crippen LogP contribution in [0.3, 0.4) is 0 Å². The SMILES string of the molecule is COCCN1C(=O)C(C)(Cc2ccccc2)N=C1Cc1ccccc1. The summed E-state index contributed by atoms with van der Waals surface area (Å²) in [7, 11) is 1.65. The number of carbonyl (C=O) groups excluding carboxylic acids is 1. The number of hydrogen-bond donors (Lipinski definition) is 0. The van der Waals surface area contributed by atoms with Crippen molar-refractivity contribution < 1.29 is 9.53 Å². The van der Waals surface area contributed by atoms with Crippen molar-refractivity contribution in [2.45, 2.75) is 25.3 Å². The molecule has 2 aromatic carbocycles. The molecule has 0 aromatic heterocycles. The van der Waals surface area contributed by atoms with Gasteiger partial charge < -0.3 is 4.74 Å². The Morgan fingerprint density at radius 1 is 1.00 bits per heavy atom. The third kappa shape index (κ3) is 3.97. The number of carbonyl (C=O) groups is 1.